The Hall–Kier alpha value is -2.06. The lowest BCUT2D eigenvalue weighted by Gasteiger charge is -2.25. The summed E-state index contributed by atoms with van der Waals surface area (Å²) in [7, 11) is 0. The van der Waals surface area contributed by atoms with Gasteiger partial charge in [-0.2, -0.15) is 18.3 Å². The van der Waals surface area contributed by atoms with Crippen molar-refractivity contribution >= 4 is 11.9 Å². The largest absolute Gasteiger partial charge is 0.481 e. The van der Waals surface area contributed by atoms with E-state index in [1.54, 1.807) is 18.7 Å². The van der Waals surface area contributed by atoms with E-state index in [1.165, 1.54) is 6.92 Å². The summed E-state index contributed by atoms with van der Waals surface area (Å²) in [5.74, 6) is -1.83. The molecule has 150 valence electrons. The number of halogens is 3. The first-order valence-electron chi connectivity index (χ1n) is 9.09. The number of carbonyl (C=O) groups is 2. The Kier molecular flexibility index (Phi) is 4.76. The minimum absolute atomic E-state index is 0.0544. The summed E-state index contributed by atoms with van der Waals surface area (Å²) in [6.45, 7) is 4.14. The van der Waals surface area contributed by atoms with Gasteiger partial charge in [-0.25, -0.2) is 0 Å². The van der Waals surface area contributed by atoms with Crippen LogP contribution in [0.4, 0.5) is 13.2 Å². The number of alkyl halides is 3. The van der Waals surface area contributed by atoms with Crippen molar-refractivity contribution in [3.05, 3.63) is 17.0 Å². The van der Waals surface area contributed by atoms with Gasteiger partial charge in [0.15, 0.2) is 0 Å². The molecule has 0 spiro atoms. The molecule has 1 unspecified atom stereocenters. The maximum atomic E-state index is 13.0. The first-order valence-corrected chi connectivity index (χ1v) is 9.09. The fourth-order valence-electron chi connectivity index (χ4n) is 4.87. The highest BCUT2D eigenvalue weighted by atomic mass is 19.4. The van der Waals surface area contributed by atoms with Crippen LogP contribution in [0.25, 0.3) is 0 Å². The van der Waals surface area contributed by atoms with E-state index in [0.717, 1.165) is 17.5 Å². The van der Waals surface area contributed by atoms with Crippen molar-refractivity contribution < 1.29 is 27.9 Å². The Morgan fingerprint density at radius 1 is 1.37 bits per heavy atom. The number of hydrogen-bond acceptors (Lipinski definition) is 3. The van der Waals surface area contributed by atoms with Gasteiger partial charge in [-0.15, -0.1) is 0 Å². The van der Waals surface area contributed by atoms with Crippen molar-refractivity contribution in [1.29, 1.82) is 0 Å². The molecule has 0 radical (unpaired) electrons. The zero-order chi connectivity index (χ0) is 20.1. The number of aliphatic carboxylic acids is 1. The lowest BCUT2D eigenvalue weighted by Crippen LogP contribution is -2.38. The van der Waals surface area contributed by atoms with Crippen LogP contribution in [0.1, 0.15) is 49.1 Å². The molecular formula is C18H24F3N3O3. The van der Waals surface area contributed by atoms with Crippen LogP contribution >= 0.6 is 0 Å². The van der Waals surface area contributed by atoms with Gasteiger partial charge in [0.2, 0.25) is 5.91 Å². The van der Waals surface area contributed by atoms with E-state index in [2.05, 4.69) is 5.10 Å². The molecule has 2 fully saturated rings. The number of amides is 1. The van der Waals surface area contributed by atoms with Gasteiger partial charge in [0.1, 0.15) is 6.54 Å². The molecule has 0 aromatic carbocycles. The Bertz CT molecular complexity index is 774. The molecule has 27 heavy (non-hydrogen) atoms. The van der Waals surface area contributed by atoms with Crippen molar-refractivity contribution in [2.24, 2.45) is 11.3 Å². The maximum Gasteiger partial charge on any atom is 0.408 e. The fourth-order valence-corrected chi connectivity index (χ4v) is 4.87. The number of likely N-dealkylation sites (tertiary alicyclic amines) is 1. The Balaban J connectivity index is 1.82. The molecule has 0 bridgehead atoms. The molecule has 3 atom stereocenters. The van der Waals surface area contributed by atoms with E-state index in [1.807, 2.05) is 0 Å². The van der Waals surface area contributed by atoms with Gasteiger partial charge in [-0.05, 0) is 39.5 Å². The zero-order valence-corrected chi connectivity index (χ0v) is 15.6. The Morgan fingerprint density at radius 2 is 2.04 bits per heavy atom. The number of aromatic nitrogens is 2. The third-order valence-corrected chi connectivity index (χ3v) is 6.18. The fraction of sp³-hybridized carbons (Fsp3) is 0.722. The summed E-state index contributed by atoms with van der Waals surface area (Å²) >= 11 is 0. The summed E-state index contributed by atoms with van der Waals surface area (Å²) in [5, 5.41) is 13.6. The van der Waals surface area contributed by atoms with Crippen molar-refractivity contribution in [1.82, 2.24) is 14.7 Å². The van der Waals surface area contributed by atoms with Gasteiger partial charge in [0.05, 0.1) is 17.0 Å². The van der Waals surface area contributed by atoms with Crippen LogP contribution in [0.15, 0.2) is 0 Å². The van der Waals surface area contributed by atoms with E-state index < -0.39 is 30.0 Å². The van der Waals surface area contributed by atoms with Crippen LogP contribution in [0.5, 0.6) is 0 Å². The highest BCUT2D eigenvalue weighted by molar-refractivity contribution is 5.86. The number of carboxylic acid groups (broad SMARTS) is 1. The first kappa shape index (κ1) is 19.7. The first-order chi connectivity index (χ1) is 12.5. The minimum atomic E-state index is -4.39. The monoisotopic (exact) mass is 387 g/mol. The van der Waals surface area contributed by atoms with Crippen LogP contribution in [0.3, 0.4) is 0 Å². The summed E-state index contributed by atoms with van der Waals surface area (Å²) in [6.07, 6.45) is -2.20. The molecule has 1 aliphatic carbocycles. The van der Waals surface area contributed by atoms with Gasteiger partial charge < -0.3 is 10.0 Å². The number of carboxylic acids is 1. The number of carbonyl (C=O) groups excluding carboxylic acids is 1. The molecule has 2 heterocycles. The second-order valence-electron chi connectivity index (χ2n) is 7.85. The van der Waals surface area contributed by atoms with Crippen molar-refractivity contribution in [3.63, 3.8) is 0 Å². The van der Waals surface area contributed by atoms with Crippen molar-refractivity contribution in [2.45, 2.75) is 58.7 Å². The Labute approximate surface area is 155 Å². The zero-order valence-electron chi connectivity index (χ0n) is 15.6. The lowest BCUT2D eigenvalue weighted by molar-refractivity contribution is -0.149. The number of hydrogen-bond donors (Lipinski definition) is 1. The standard InChI is InChI=1S/C18H24F3N3O3/c1-10(14-11(2)22-24(12(14)3)9-18(19,20)21)15(25)23-7-13-5-4-6-17(13,8-23)16(26)27/h10,13H,4-9H2,1-3H3,(H,26,27)/t10?,13-,17+/m0/s1. The third kappa shape index (κ3) is 3.32. The molecule has 2 aliphatic rings. The lowest BCUT2D eigenvalue weighted by atomic mass is 9.81. The molecule has 1 amide bonds. The average Bonchev–Trinajstić information content (AvgIpc) is 3.16. The van der Waals surface area contributed by atoms with Crippen LogP contribution in [0, 0.1) is 25.2 Å². The molecule has 6 nitrogen and oxygen atoms in total. The second kappa shape index (κ2) is 6.53. The van der Waals surface area contributed by atoms with E-state index >= 15 is 0 Å². The molecule has 1 saturated heterocycles. The summed E-state index contributed by atoms with van der Waals surface area (Å²) in [5.41, 5.74) is 0.327. The molecule has 1 aromatic heterocycles. The normalized spacial score (nSPS) is 26.3. The second-order valence-corrected chi connectivity index (χ2v) is 7.85. The minimum Gasteiger partial charge on any atom is -0.481 e. The van der Waals surface area contributed by atoms with Gasteiger partial charge in [0.25, 0.3) is 0 Å². The van der Waals surface area contributed by atoms with Gasteiger partial charge in [0, 0.05) is 24.3 Å². The summed E-state index contributed by atoms with van der Waals surface area (Å²) in [6, 6.07) is 0. The van der Waals surface area contributed by atoms with Crippen LogP contribution in [-0.2, 0) is 16.1 Å². The number of fused-ring (bicyclic) bond motifs is 1. The highest BCUT2D eigenvalue weighted by Crippen LogP contribution is 2.49. The summed E-state index contributed by atoms with van der Waals surface area (Å²) in [4.78, 5) is 26.4. The quantitative estimate of drug-likeness (QED) is 0.862. The number of aryl methyl sites for hydroxylation is 1. The Morgan fingerprint density at radius 3 is 2.59 bits per heavy atom. The molecule has 1 saturated carbocycles. The predicted octanol–water partition coefficient (Wildman–Crippen LogP) is 2.88. The van der Waals surface area contributed by atoms with Crippen LogP contribution in [0.2, 0.25) is 0 Å². The predicted molar refractivity (Wildman–Crippen MR) is 90.2 cm³/mol. The van der Waals surface area contributed by atoms with Crippen molar-refractivity contribution in [3.8, 4) is 0 Å². The van der Waals surface area contributed by atoms with Crippen LogP contribution in [-0.4, -0.2) is 50.9 Å². The number of nitrogens with zero attached hydrogens (tertiary/aromatic N) is 3. The van der Waals surface area contributed by atoms with E-state index in [0.29, 0.717) is 29.9 Å². The molecule has 9 heteroatoms. The van der Waals surface area contributed by atoms with E-state index in [4.69, 9.17) is 0 Å². The SMILES string of the molecule is Cc1nn(CC(F)(F)F)c(C)c1C(C)C(=O)N1C[C@@H]2CCC[C@@]2(C(=O)O)C1. The summed E-state index contributed by atoms with van der Waals surface area (Å²) < 4.78 is 39.1. The molecule has 1 aromatic rings. The average molecular weight is 387 g/mol. The van der Waals surface area contributed by atoms with E-state index in [9.17, 15) is 27.9 Å². The molecule has 1 aliphatic heterocycles. The van der Waals surface area contributed by atoms with E-state index in [-0.39, 0.29) is 18.4 Å². The van der Waals surface area contributed by atoms with Gasteiger partial charge in [-0.1, -0.05) is 6.42 Å². The van der Waals surface area contributed by atoms with Crippen LogP contribution < -0.4 is 0 Å². The molecular weight excluding hydrogens is 363 g/mol. The molecule has 3 rings (SSSR count). The van der Waals surface area contributed by atoms with Gasteiger partial charge in [-0.3, -0.25) is 14.3 Å². The topological polar surface area (TPSA) is 75.4 Å². The smallest absolute Gasteiger partial charge is 0.408 e. The van der Waals surface area contributed by atoms with Gasteiger partial charge >= 0.3 is 12.1 Å². The molecule has 1 N–H and O–H groups in total. The van der Waals surface area contributed by atoms with Crippen molar-refractivity contribution in [2.75, 3.05) is 13.1 Å². The number of rotatable bonds is 4. The highest BCUT2D eigenvalue weighted by Gasteiger charge is 2.56. The maximum absolute atomic E-state index is 13.0. The third-order valence-electron chi connectivity index (χ3n) is 6.18.